The summed E-state index contributed by atoms with van der Waals surface area (Å²) in [4.78, 5) is 0. The molecule has 42 heavy (non-hydrogen) atoms. The quantitative estimate of drug-likeness (QED) is 0.201. The summed E-state index contributed by atoms with van der Waals surface area (Å²) in [5, 5.41) is 0.745. The van der Waals surface area contributed by atoms with Gasteiger partial charge >= 0.3 is 0 Å². The first-order chi connectivity index (χ1) is 20.4. The lowest BCUT2D eigenvalue weighted by molar-refractivity contribution is 0.590. The lowest BCUT2D eigenvalue weighted by Gasteiger charge is -2.35. The van der Waals surface area contributed by atoms with Crippen LogP contribution in [0.1, 0.15) is 48.6 Å². The van der Waals surface area contributed by atoms with Gasteiger partial charge < -0.3 is 0 Å². The summed E-state index contributed by atoms with van der Waals surface area (Å²) >= 11 is 6.84. The van der Waals surface area contributed by atoms with Crippen LogP contribution in [0.15, 0.2) is 146 Å². The highest BCUT2D eigenvalue weighted by atomic mass is 35.5. The summed E-state index contributed by atoms with van der Waals surface area (Å²) in [5.74, 6) is 0. The average Bonchev–Trinajstić information content (AvgIpc) is 3.32. The van der Waals surface area contributed by atoms with Gasteiger partial charge in [0.2, 0.25) is 0 Å². The van der Waals surface area contributed by atoms with E-state index in [1.165, 1.54) is 61.2 Å². The van der Waals surface area contributed by atoms with Gasteiger partial charge in [-0.25, -0.2) is 0 Å². The van der Waals surface area contributed by atoms with E-state index in [-0.39, 0.29) is 5.41 Å². The summed E-state index contributed by atoms with van der Waals surface area (Å²) in [6.07, 6.45) is 0. The van der Waals surface area contributed by atoms with Crippen molar-refractivity contribution in [1.29, 1.82) is 0 Å². The Bertz CT molecular complexity index is 1840. The highest BCUT2D eigenvalue weighted by Crippen LogP contribution is 2.61. The molecule has 0 aliphatic heterocycles. The maximum atomic E-state index is 6.84. The van der Waals surface area contributed by atoms with Crippen LogP contribution in [0.25, 0.3) is 33.4 Å². The fourth-order valence-corrected chi connectivity index (χ4v) is 7.01. The first-order valence-electron chi connectivity index (χ1n) is 14.6. The van der Waals surface area contributed by atoms with Gasteiger partial charge in [0.25, 0.3) is 0 Å². The van der Waals surface area contributed by atoms with Gasteiger partial charge in [0, 0.05) is 5.02 Å². The molecule has 0 unspecified atom stereocenters. The molecule has 204 valence electrons. The van der Waals surface area contributed by atoms with Gasteiger partial charge in [-0.05, 0) is 78.7 Å². The number of rotatable bonds is 4. The number of halogens is 1. The van der Waals surface area contributed by atoms with Crippen LogP contribution < -0.4 is 0 Å². The van der Waals surface area contributed by atoms with E-state index >= 15 is 0 Å². The van der Waals surface area contributed by atoms with Crippen LogP contribution in [0.4, 0.5) is 0 Å². The van der Waals surface area contributed by atoms with Crippen molar-refractivity contribution in [3.63, 3.8) is 0 Å². The zero-order valence-electron chi connectivity index (χ0n) is 24.2. The highest BCUT2D eigenvalue weighted by molar-refractivity contribution is 6.31. The molecule has 0 aromatic heterocycles. The van der Waals surface area contributed by atoms with E-state index in [4.69, 9.17) is 11.6 Å². The molecule has 1 aliphatic carbocycles. The maximum absolute atomic E-state index is 6.84. The van der Waals surface area contributed by atoms with Crippen molar-refractivity contribution in [1.82, 2.24) is 0 Å². The Morgan fingerprint density at radius 3 is 1.57 bits per heavy atom. The van der Waals surface area contributed by atoms with Crippen LogP contribution in [0.3, 0.4) is 0 Å². The van der Waals surface area contributed by atoms with E-state index < -0.39 is 5.41 Å². The van der Waals surface area contributed by atoms with Crippen LogP contribution in [0.5, 0.6) is 0 Å². The van der Waals surface area contributed by atoms with E-state index in [2.05, 4.69) is 160 Å². The molecule has 0 saturated heterocycles. The van der Waals surface area contributed by atoms with Crippen molar-refractivity contribution in [2.45, 2.75) is 31.6 Å². The molecule has 0 fully saturated rings. The molecule has 6 aromatic carbocycles. The molecule has 0 atom stereocenters. The van der Waals surface area contributed by atoms with Crippen LogP contribution in [-0.2, 0) is 10.8 Å². The molecule has 7 rings (SSSR count). The molecule has 0 spiro atoms. The van der Waals surface area contributed by atoms with Crippen molar-refractivity contribution in [2.24, 2.45) is 0 Å². The van der Waals surface area contributed by atoms with Crippen molar-refractivity contribution in [3.05, 3.63) is 178 Å². The van der Waals surface area contributed by atoms with Gasteiger partial charge in [-0.15, -0.1) is 0 Å². The molecule has 6 aromatic rings. The summed E-state index contributed by atoms with van der Waals surface area (Å²) in [6, 6.07) is 53.0. The predicted octanol–water partition coefficient (Wildman–Crippen LogP) is 11.3. The SMILES string of the molecule is CC(C)(C)c1ccc(-c2ccc(-c3ccccc3)c3c2C(c2ccccc2)(c2ccccc2)c2cc(Cl)ccc2-3)cc1. The first-order valence-corrected chi connectivity index (χ1v) is 15.0. The minimum absolute atomic E-state index is 0.0858. The van der Waals surface area contributed by atoms with Crippen molar-refractivity contribution in [2.75, 3.05) is 0 Å². The number of hydrogen-bond acceptors (Lipinski definition) is 0. The van der Waals surface area contributed by atoms with Crippen molar-refractivity contribution >= 4 is 11.6 Å². The summed E-state index contributed by atoms with van der Waals surface area (Å²) in [7, 11) is 0. The largest absolute Gasteiger partial charge is 0.0843 e. The van der Waals surface area contributed by atoms with Gasteiger partial charge in [-0.2, -0.15) is 0 Å². The van der Waals surface area contributed by atoms with Crippen molar-refractivity contribution in [3.8, 4) is 33.4 Å². The van der Waals surface area contributed by atoms with E-state index in [0.717, 1.165) is 5.02 Å². The van der Waals surface area contributed by atoms with Gasteiger partial charge in [-0.3, -0.25) is 0 Å². The minimum atomic E-state index is -0.555. The Kier molecular flexibility index (Phi) is 6.41. The van der Waals surface area contributed by atoms with E-state index in [9.17, 15) is 0 Å². The Hall–Kier alpha value is -4.39. The molecular formula is C41H33Cl. The van der Waals surface area contributed by atoms with Crippen LogP contribution in [-0.4, -0.2) is 0 Å². The zero-order chi connectivity index (χ0) is 28.9. The lowest BCUT2D eigenvalue weighted by Crippen LogP contribution is -2.29. The van der Waals surface area contributed by atoms with Gasteiger partial charge in [-0.1, -0.05) is 166 Å². The Morgan fingerprint density at radius 2 is 1.00 bits per heavy atom. The van der Waals surface area contributed by atoms with E-state index in [1.807, 2.05) is 6.07 Å². The maximum Gasteiger partial charge on any atom is 0.0720 e. The zero-order valence-corrected chi connectivity index (χ0v) is 25.0. The molecule has 0 radical (unpaired) electrons. The van der Waals surface area contributed by atoms with Crippen LogP contribution in [0.2, 0.25) is 5.02 Å². The second-order valence-corrected chi connectivity index (χ2v) is 12.7. The molecule has 1 heteroatoms. The standard InChI is InChI=1S/C41H33Cl/c1-40(2,3)30-21-19-29(20-22-30)35-26-25-34(28-13-7-4-8-14-28)38-36-24-23-33(42)27-37(36)41(39(35)38,31-15-9-5-10-16-31)32-17-11-6-12-18-32/h4-27H,1-3H3. The molecule has 0 bridgehead atoms. The second-order valence-electron chi connectivity index (χ2n) is 12.3. The molecule has 1 aliphatic rings. The van der Waals surface area contributed by atoms with Gasteiger partial charge in [0.15, 0.2) is 0 Å². The van der Waals surface area contributed by atoms with E-state index in [1.54, 1.807) is 0 Å². The second kappa shape index (κ2) is 10.2. The number of hydrogen-bond donors (Lipinski definition) is 0. The minimum Gasteiger partial charge on any atom is -0.0843 e. The molecule has 0 saturated carbocycles. The van der Waals surface area contributed by atoms with Gasteiger partial charge in [0.05, 0.1) is 5.41 Å². The Labute approximate surface area is 254 Å². The molecular weight excluding hydrogens is 528 g/mol. The van der Waals surface area contributed by atoms with E-state index in [0.29, 0.717) is 0 Å². The normalized spacial score (nSPS) is 13.4. The van der Waals surface area contributed by atoms with Gasteiger partial charge in [0.1, 0.15) is 0 Å². The van der Waals surface area contributed by atoms with Crippen LogP contribution >= 0.6 is 11.6 Å². The van der Waals surface area contributed by atoms with Crippen molar-refractivity contribution < 1.29 is 0 Å². The summed E-state index contributed by atoms with van der Waals surface area (Å²) in [5.41, 5.74) is 13.3. The topological polar surface area (TPSA) is 0 Å². The first kappa shape index (κ1) is 26.5. The highest BCUT2D eigenvalue weighted by Gasteiger charge is 2.48. The van der Waals surface area contributed by atoms with Crippen LogP contribution in [0, 0.1) is 0 Å². The third kappa shape index (κ3) is 4.13. The number of fused-ring (bicyclic) bond motifs is 3. The monoisotopic (exact) mass is 560 g/mol. The molecule has 0 nitrogen and oxygen atoms in total. The molecule has 0 heterocycles. The summed E-state index contributed by atoms with van der Waals surface area (Å²) < 4.78 is 0. The third-order valence-corrected chi connectivity index (χ3v) is 9.03. The fraction of sp³-hybridized carbons (Fsp3) is 0.122. The third-order valence-electron chi connectivity index (χ3n) is 8.80. The Balaban J connectivity index is 1.67. The molecule has 0 amide bonds. The average molecular weight is 561 g/mol. The fourth-order valence-electron chi connectivity index (χ4n) is 6.84. The predicted molar refractivity (Wildman–Crippen MR) is 178 cm³/mol. The lowest BCUT2D eigenvalue weighted by atomic mass is 9.66. The Morgan fingerprint density at radius 1 is 0.500 bits per heavy atom. The smallest absolute Gasteiger partial charge is 0.0720 e. The number of benzene rings is 6. The molecule has 0 N–H and O–H groups in total. The summed E-state index contributed by atoms with van der Waals surface area (Å²) in [6.45, 7) is 6.81.